The summed E-state index contributed by atoms with van der Waals surface area (Å²) in [7, 11) is 2.88. The van der Waals surface area contributed by atoms with Crippen LogP contribution in [0.5, 0.6) is 11.5 Å². The van der Waals surface area contributed by atoms with Gasteiger partial charge in [0.05, 0.1) is 24.8 Å². The number of carbonyl (C=O) groups excluding carboxylic acids is 1. The molecule has 0 bridgehead atoms. The number of ether oxygens (including phenoxy) is 2. The van der Waals surface area contributed by atoms with E-state index in [1.165, 1.54) is 26.4 Å². The highest BCUT2D eigenvalue weighted by Crippen LogP contribution is 2.30. The summed E-state index contributed by atoms with van der Waals surface area (Å²) < 4.78 is 11.9. The number of pyridine rings is 1. The van der Waals surface area contributed by atoms with Crippen LogP contribution in [-0.4, -0.2) is 34.4 Å². The fourth-order valence-electron chi connectivity index (χ4n) is 2.84. The second-order valence-corrected chi connectivity index (χ2v) is 5.63. The van der Waals surface area contributed by atoms with Gasteiger partial charge in [0, 0.05) is 18.0 Å². The molecule has 3 aromatic rings. The molecule has 27 heavy (non-hydrogen) atoms. The molecule has 2 aromatic heterocycles. The van der Waals surface area contributed by atoms with Crippen molar-refractivity contribution in [3.05, 3.63) is 58.0 Å². The Kier molecular flexibility index (Phi) is 4.93. The molecule has 9 nitrogen and oxygen atoms in total. The monoisotopic (exact) mass is 370 g/mol. The number of benzene rings is 1. The van der Waals surface area contributed by atoms with Crippen molar-refractivity contribution < 1.29 is 19.2 Å². The molecule has 0 atom stereocenters. The van der Waals surface area contributed by atoms with E-state index in [1.807, 2.05) is 6.92 Å². The summed E-state index contributed by atoms with van der Waals surface area (Å²) >= 11 is 0. The number of nitro groups is 1. The number of rotatable bonds is 6. The maximum Gasteiger partial charge on any atom is 0.312 e. The molecule has 0 aliphatic heterocycles. The summed E-state index contributed by atoms with van der Waals surface area (Å²) in [6.07, 6.45) is 2.26. The fraction of sp³-hybridized carbons (Fsp3) is 0.222. The van der Waals surface area contributed by atoms with E-state index in [-0.39, 0.29) is 17.1 Å². The summed E-state index contributed by atoms with van der Waals surface area (Å²) in [5, 5.41) is 13.9. The Morgan fingerprint density at radius 3 is 2.63 bits per heavy atom. The second-order valence-electron chi connectivity index (χ2n) is 5.63. The Bertz CT molecular complexity index is 1030. The summed E-state index contributed by atoms with van der Waals surface area (Å²) in [6, 6.07) is 7.75. The third-order valence-corrected chi connectivity index (χ3v) is 4.09. The minimum absolute atomic E-state index is 0.117. The molecule has 0 saturated heterocycles. The molecule has 0 saturated carbocycles. The predicted octanol–water partition coefficient (Wildman–Crippen LogP) is 3.07. The largest absolute Gasteiger partial charge is 0.493 e. The van der Waals surface area contributed by atoms with Crippen molar-refractivity contribution in [1.82, 2.24) is 9.38 Å². The van der Waals surface area contributed by atoms with Crippen LogP contribution in [0.4, 0.5) is 11.4 Å². The van der Waals surface area contributed by atoms with Crippen LogP contribution < -0.4 is 14.8 Å². The minimum Gasteiger partial charge on any atom is -0.493 e. The number of imidazole rings is 1. The molecule has 0 unspecified atom stereocenters. The van der Waals surface area contributed by atoms with E-state index in [0.717, 1.165) is 0 Å². The van der Waals surface area contributed by atoms with Gasteiger partial charge in [-0.3, -0.25) is 19.3 Å². The molecule has 0 spiro atoms. The Morgan fingerprint density at radius 2 is 2.00 bits per heavy atom. The fourth-order valence-corrected chi connectivity index (χ4v) is 2.84. The first-order chi connectivity index (χ1) is 13.0. The van der Waals surface area contributed by atoms with Gasteiger partial charge in [0.2, 0.25) is 0 Å². The van der Waals surface area contributed by atoms with Crippen molar-refractivity contribution >= 4 is 22.9 Å². The first-order valence-corrected chi connectivity index (χ1v) is 8.17. The van der Waals surface area contributed by atoms with Gasteiger partial charge in [-0.15, -0.1) is 0 Å². The number of carbonyl (C=O) groups is 1. The first kappa shape index (κ1) is 18.2. The number of nitrogens with one attached hydrogen (secondary N) is 1. The minimum atomic E-state index is -0.564. The summed E-state index contributed by atoms with van der Waals surface area (Å²) in [5.74, 6) is 0.241. The topological polar surface area (TPSA) is 108 Å². The van der Waals surface area contributed by atoms with Gasteiger partial charge >= 0.3 is 5.69 Å². The number of amides is 1. The van der Waals surface area contributed by atoms with E-state index in [1.54, 1.807) is 28.8 Å². The van der Waals surface area contributed by atoms with E-state index in [2.05, 4.69) is 10.3 Å². The summed E-state index contributed by atoms with van der Waals surface area (Å²) in [5.41, 5.74) is 1.53. The zero-order valence-electron chi connectivity index (χ0n) is 15.1. The number of fused-ring (bicyclic) bond motifs is 1. The predicted molar refractivity (Wildman–Crippen MR) is 98.7 cm³/mol. The quantitative estimate of drug-likeness (QED) is 0.528. The number of anilines is 1. The smallest absolute Gasteiger partial charge is 0.312 e. The van der Waals surface area contributed by atoms with Gasteiger partial charge in [-0.1, -0.05) is 6.92 Å². The SMILES string of the molecule is CCc1nc2c(OC)cccn2c1C(=O)Nc1ccc(OC)c([N+](=O)[O-])c1. The molecule has 0 aliphatic rings. The molecule has 0 fully saturated rings. The van der Waals surface area contributed by atoms with Gasteiger partial charge in [0.25, 0.3) is 5.91 Å². The molecule has 0 aliphatic carbocycles. The van der Waals surface area contributed by atoms with Gasteiger partial charge in [-0.25, -0.2) is 4.98 Å². The van der Waals surface area contributed by atoms with E-state index in [4.69, 9.17) is 9.47 Å². The van der Waals surface area contributed by atoms with Crippen molar-refractivity contribution in [2.24, 2.45) is 0 Å². The normalized spacial score (nSPS) is 10.6. The highest BCUT2D eigenvalue weighted by molar-refractivity contribution is 6.04. The van der Waals surface area contributed by atoms with E-state index < -0.39 is 10.8 Å². The average Bonchev–Trinajstić information content (AvgIpc) is 3.06. The Labute approximate surface area is 154 Å². The summed E-state index contributed by atoms with van der Waals surface area (Å²) in [4.78, 5) is 28.0. The van der Waals surface area contributed by atoms with Crippen LogP contribution in [0.25, 0.3) is 5.65 Å². The highest BCUT2D eigenvalue weighted by Gasteiger charge is 2.22. The Hall–Kier alpha value is -3.62. The summed E-state index contributed by atoms with van der Waals surface area (Å²) in [6.45, 7) is 1.89. The molecule has 3 rings (SSSR count). The molecule has 1 N–H and O–H groups in total. The number of hydrogen-bond donors (Lipinski definition) is 1. The van der Waals surface area contributed by atoms with Gasteiger partial charge in [-0.05, 0) is 30.7 Å². The van der Waals surface area contributed by atoms with Crippen molar-refractivity contribution in [1.29, 1.82) is 0 Å². The lowest BCUT2D eigenvalue weighted by Gasteiger charge is -2.08. The van der Waals surface area contributed by atoms with E-state index in [0.29, 0.717) is 29.2 Å². The molecule has 2 heterocycles. The molecular formula is C18H18N4O5. The van der Waals surface area contributed by atoms with Crippen LogP contribution in [0, 0.1) is 10.1 Å². The van der Waals surface area contributed by atoms with E-state index in [9.17, 15) is 14.9 Å². The van der Waals surface area contributed by atoms with Gasteiger partial charge < -0.3 is 14.8 Å². The molecule has 1 amide bonds. The van der Waals surface area contributed by atoms with Crippen molar-refractivity contribution in [2.75, 3.05) is 19.5 Å². The zero-order chi connectivity index (χ0) is 19.6. The number of methoxy groups -OCH3 is 2. The zero-order valence-corrected chi connectivity index (χ0v) is 15.1. The Balaban J connectivity index is 2.02. The number of hydrogen-bond acceptors (Lipinski definition) is 6. The number of nitro benzene ring substituents is 1. The maximum absolute atomic E-state index is 12.9. The lowest BCUT2D eigenvalue weighted by Crippen LogP contribution is -2.16. The van der Waals surface area contributed by atoms with Crippen molar-refractivity contribution in [2.45, 2.75) is 13.3 Å². The van der Waals surface area contributed by atoms with Gasteiger partial charge in [-0.2, -0.15) is 0 Å². The van der Waals surface area contributed by atoms with Crippen LogP contribution in [0.3, 0.4) is 0 Å². The van der Waals surface area contributed by atoms with Crippen LogP contribution in [-0.2, 0) is 6.42 Å². The van der Waals surface area contributed by atoms with E-state index >= 15 is 0 Å². The van der Waals surface area contributed by atoms with Gasteiger partial charge in [0.15, 0.2) is 17.1 Å². The molecule has 9 heteroatoms. The Morgan fingerprint density at radius 1 is 1.26 bits per heavy atom. The third kappa shape index (κ3) is 3.26. The standard InChI is InChI=1S/C18H18N4O5/c1-4-12-16(21-9-5-6-15(27-3)17(21)20-12)18(23)19-11-7-8-14(26-2)13(10-11)22(24)25/h5-10H,4H2,1-3H3,(H,19,23). The highest BCUT2D eigenvalue weighted by atomic mass is 16.6. The second kappa shape index (κ2) is 7.32. The number of aromatic nitrogens is 2. The molecule has 1 aromatic carbocycles. The number of nitrogens with zero attached hydrogens (tertiary/aromatic N) is 3. The molecular weight excluding hydrogens is 352 g/mol. The van der Waals surface area contributed by atoms with Gasteiger partial charge in [0.1, 0.15) is 5.69 Å². The third-order valence-electron chi connectivity index (χ3n) is 4.09. The molecule has 0 radical (unpaired) electrons. The molecule has 140 valence electrons. The lowest BCUT2D eigenvalue weighted by molar-refractivity contribution is -0.385. The van der Waals surface area contributed by atoms with Crippen molar-refractivity contribution in [3.63, 3.8) is 0 Å². The average molecular weight is 370 g/mol. The van der Waals surface area contributed by atoms with Crippen molar-refractivity contribution in [3.8, 4) is 11.5 Å². The van der Waals surface area contributed by atoms with Crippen LogP contribution in [0.15, 0.2) is 36.5 Å². The first-order valence-electron chi connectivity index (χ1n) is 8.17. The number of aryl methyl sites for hydroxylation is 1. The van der Waals surface area contributed by atoms with Crippen LogP contribution in [0.1, 0.15) is 23.1 Å². The maximum atomic E-state index is 12.9. The van der Waals surface area contributed by atoms with Crippen LogP contribution >= 0.6 is 0 Å². The lowest BCUT2D eigenvalue weighted by atomic mass is 10.2. The van der Waals surface area contributed by atoms with Crippen LogP contribution in [0.2, 0.25) is 0 Å².